The van der Waals surface area contributed by atoms with Crippen LogP contribution in [0.3, 0.4) is 0 Å². The standard InChI is InChI=1S/C20H29N3O4/c24-19(15-27-18-10-4-3-9-17(18)23(25)26)21-16-20(11-5-1-6-12-20)22-13-7-2-8-14-22/h3-4,9-10H,1-2,5-8,11-16H2,(H,21,24)/p+1. The summed E-state index contributed by atoms with van der Waals surface area (Å²) in [6.45, 7) is 2.86. The van der Waals surface area contributed by atoms with Crippen LogP contribution in [0.2, 0.25) is 0 Å². The van der Waals surface area contributed by atoms with Crippen LogP contribution in [0.1, 0.15) is 51.4 Å². The van der Waals surface area contributed by atoms with Gasteiger partial charge in [0.15, 0.2) is 12.4 Å². The summed E-state index contributed by atoms with van der Waals surface area (Å²) in [5.74, 6) is -0.0822. The van der Waals surface area contributed by atoms with Crippen LogP contribution in [0.25, 0.3) is 0 Å². The van der Waals surface area contributed by atoms with Crippen molar-refractivity contribution in [3.8, 4) is 5.75 Å². The number of nitrogens with zero attached hydrogens (tertiary/aromatic N) is 1. The molecule has 0 radical (unpaired) electrons. The summed E-state index contributed by atoms with van der Waals surface area (Å²) >= 11 is 0. The number of likely N-dealkylation sites (tertiary alicyclic amines) is 1. The Bertz CT molecular complexity index is 652. The third-order valence-corrected chi connectivity index (χ3v) is 6.06. The van der Waals surface area contributed by atoms with Gasteiger partial charge in [0.1, 0.15) is 5.54 Å². The first-order valence-electron chi connectivity index (χ1n) is 10.1. The lowest BCUT2D eigenvalue weighted by Gasteiger charge is -2.45. The maximum Gasteiger partial charge on any atom is 0.310 e. The van der Waals surface area contributed by atoms with E-state index in [1.165, 1.54) is 63.7 Å². The van der Waals surface area contributed by atoms with Gasteiger partial charge < -0.3 is 15.0 Å². The van der Waals surface area contributed by atoms with E-state index in [-0.39, 0.29) is 29.5 Å². The summed E-state index contributed by atoms with van der Waals surface area (Å²) in [5, 5.41) is 14.1. The lowest BCUT2D eigenvalue weighted by atomic mass is 9.79. The maximum absolute atomic E-state index is 12.3. The Morgan fingerprint density at radius 2 is 1.78 bits per heavy atom. The number of rotatable bonds is 7. The quantitative estimate of drug-likeness (QED) is 0.562. The van der Waals surface area contributed by atoms with E-state index in [2.05, 4.69) is 5.32 Å². The Balaban J connectivity index is 1.56. The molecule has 0 spiro atoms. The molecule has 148 valence electrons. The molecule has 1 saturated carbocycles. The highest BCUT2D eigenvalue weighted by Gasteiger charge is 2.42. The number of para-hydroxylation sites is 2. The largest absolute Gasteiger partial charge is 0.477 e. The molecular formula is C20H30N3O4+. The fourth-order valence-electron chi connectivity index (χ4n) is 4.58. The van der Waals surface area contributed by atoms with Crippen molar-refractivity contribution < 1.29 is 19.4 Å². The molecule has 1 amide bonds. The number of hydrogen-bond acceptors (Lipinski definition) is 4. The third-order valence-electron chi connectivity index (χ3n) is 6.06. The Morgan fingerprint density at radius 1 is 1.11 bits per heavy atom. The van der Waals surface area contributed by atoms with Gasteiger partial charge >= 0.3 is 5.69 Å². The van der Waals surface area contributed by atoms with Crippen LogP contribution < -0.4 is 15.0 Å². The van der Waals surface area contributed by atoms with Gasteiger partial charge in [-0.05, 0) is 38.2 Å². The number of benzene rings is 1. The second kappa shape index (κ2) is 9.17. The first-order valence-corrected chi connectivity index (χ1v) is 10.1. The highest BCUT2D eigenvalue weighted by molar-refractivity contribution is 5.77. The van der Waals surface area contributed by atoms with Crippen molar-refractivity contribution in [1.82, 2.24) is 5.32 Å². The molecule has 1 saturated heterocycles. The monoisotopic (exact) mass is 376 g/mol. The maximum atomic E-state index is 12.3. The summed E-state index contributed by atoms with van der Waals surface area (Å²) in [6, 6.07) is 6.15. The summed E-state index contributed by atoms with van der Waals surface area (Å²) in [6.07, 6.45) is 9.91. The summed E-state index contributed by atoms with van der Waals surface area (Å²) in [5.41, 5.74) is 0.0272. The Hall–Kier alpha value is -2.15. The number of nitro groups is 1. The molecule has 1 aromatic rings. The van der Waals surface area contributed by atoms with Gasteiger partial charge in [-0.25, -0.2) is 0 Å². The van der Waals surface area contributed by atoms with E-state index in [1.54, 1.807) is 17.0 Å². The van der Waals surface area contributed by atoms with Crippen LogP contribution in [0.15, 0.2) is 24.3 Å². The first-order chi connectivity index (χ1) is 13.1. The topological polar surface area (TPSA) is 85.9 Å². The molecule has 0 aromatic heterocycles. The van der Waals surface area contributed by atoms with Crippen molar-refractivity contribution in [2.24, 2.45) is 0 Å². The molecule has 1 aliphatic carbocycles. The van der Waals surface area contributed by atoms with E-state index in [0.717, 1.165) is 12.8 Å². The zero-order chi connectivity index (χ0) is 19.1. The average molecular weight is 376 g/mol. The van der Waals surface area contributed by atoms with E-state index in [4.69, 9.17) is 4.74 Å². The van der Waals surface area contributed by atoms with E-state index in [9.17, 15) is 14.9 Å². The minimum absolute atomic E-state index is 0.119. The van der Waals surface area contributed by atoms with Crippen LogP contribution in [0.5, 0.6) is 5.75 Å². The second-order valence-corrected chi connectivity index (χ2v) is 7.80. The number of carbonyl (C=O) groups is 1. The number of nitro benzene ring substituents is 1. The van der Waals surface area contributed by atoms with E-state index in [1.807, 2.05) is 0 Å². The minimum Gasteiger partial charge on any atom is -0.477 e. The second-order valence-electron chi connectivity index (χ2n) is 7.80. The number of carbonyl (C=O) groups excluding carboxylic acids is 1. The highest BCUT2D eigenvalue weighted by Crippen LogP contribution is 2.27. The van der Waals surface area contributed by atoms with Gasteiger partial charge in [-0.15, -0.1) is 0 Å². The number of hydrogen-bond donors (Lipinski definition) is 2. The van der Waals surface area contributed by atoms with E-state index < -0.39 is 4.92 Å². The van der Waals surface area contributed by atoms with Crippen molar-refractivity contribution in [2.45, 2.75) is 56.9 Å². The molecule has 1 aromatic carbocycles. The number of amides is 1. The van der Waals surface area contributed by atoms with Crippen molar-refractivity contribution in [1.29, 1.82) is 0 Å². The van der Waals surface area contributed by atoms with E-state index >= 15 is 0 Å². The number of nitrogens with one attached hydrogen (secondary N) is 2. The van der Waals surface area contributed by atoms with Crippen molar-refractivity contribution in [3.05, 3.63) is 34.4 Å². The molecule has 7 nitrogen and oxygen atoms in total. The predicted molar refractivity (Wildman–Crippen MR) is 102 cm³/mol. The molecule has 27 heavy (non-hydrogen) atoms. The van der Waals surface area contributed by atoms with Crippen LogP contribution in [0, 0.1) is 10.1 Å². The SMILES string of the molecule is O=C(COc1ccccc1[N+](=O)[O-])NCC1([NH+]2CCCCC2)CCCCC1. The number of ether oxygens (including phenoxy) is 1. The van der Waals surface area contributed by atoms with E-state index in [0.29, 0.717) is 6.54 Å². The van der Waals surface area contributed by atoms with Gasteiger partial charge in [-0.1, -0.05) is 18.6 Å². The molecular weight excluding hydrogens is 346 g/mol. The predicted octanol–water partition coefficient (Wildman–Crippen LogP) is 1.86. The molecule has 0 bridgehead atoms. The zero-order valence-corrected chi connectivity index (χ0v) is 15.9. The average Bonchev–Trinajstić information content (AvgIpc) is 2.72. The van der Waals surface area contributed by atoms with Crippen LogP contribution in [-0.2, 0) is 4.79 Å². The van der Waals surface area contributed by atoms with Crippen LogP contribution >= 0.6 is 0 Å². The Labute approximate surface area is 160 Å². The summed E-state index contributed by atoms with van der Waals surface area (Å²) in [7, 11) is 0. The van der Waals surface area contributed by atoms with Gasteiger partial charge in [0.2, 0.25) is 0 Å². The van der Waals surface area contributed by atoms with Gasteiger partial charge in [-0.3, -0.25) is 14.9 Å². The molecule has 2 N–H and O–H groups in total. The summed E-state index contributed by atoms with van der Waals surface area (Å²) < 4.78 is 5.42. The smallest absolute Gasteiger partial charge is 0.310 e. The van der Waals surface area contributed by atoms with Gasteiger partial charge in [0.05, 0.1) is 24.6 Å². The first kappa shape index (κ1) is 19.6. The van der Waals surface area contributed by atoms with Crippen LogP contribution in [-0.4, -0.2) is 42.6 Å². The molecule has 3 rings (SSSR count). The molecule has 2 aliphatic rings. The number of quaternary nitrogens is 1. The Kier molecular flexibility index (Phi) is 6.66. The van der Waals surface area contributed by atoms with Crippen molar-refractivity contribution >= 4 is 11.6 Å². The lowest BCUT2D eigenvalue weighted by Crippen LogP contribution is -3.22. The molecule has 0 atom stereocenters. The fraction of sp³-hybridized carbons (Fsp3) is 0.650. The molecule has 1 heterocycles. The lowest BCUT2D eigenvalue weighted by molar-refractivity contribution is -0.957. The van der Waals surface area contributed by atoms with Crippen molar-refractivity contribution in [2.75, 3.05) is 26.2 Å². The summed E-state index contributed by atoms with van der Waals surface area (Å²) in [4.78, 5) is 24.5. The number of piperidine rings is 1. The normalized spacial score (nSPS) is 20.0. The van der Waals surface area contributed by atoms with Crippen molar-refractivity contribution in [3.63, 3.8) is 0 Å². The minimum atomic E-state index is -0.496. The Morgan fingerprint density at radius 3 is 2.48 bits per heavy atom. The fourth-order valence-corrected chi connectivity index (χ4v) is 4.58. The van der Waals surface area contributed by atoms with Gasteiger partial charge in [-0.2, -0.15) is 0 Å². The van der Waals surface area contributed by atoms with Gasteiger partial charge in [0.25, 0.3) is 5.91 Å². The third kappa shape index (κ3) is 4.97. The van der Waals surface area contributed by atoms with Crippen LogP contribution in [0.4, 0.5) is 5.69 Å². The molecule has 0 unspecified atom stereocenters. The molecule has 1 aliphatic heterocycles. The molecule has 2 fully saturated rings. The molecule has 7 heteroatoms. The highest BCUT2D eigenvalue weighted by atomic mass is 16.6. The van der Waals surface area contributed by atoms with Gasteiger partial charge in [0, 0.05) is 18.9 Å². The zero-order valence-electron chi connectivity index (χ0n) is 15.9.